The number of ether oxygens (including phenoxy) is 6. The Morgan fingerprint density at radius 1 is 0.631 bits per heavy atom. The summed E-state index contributed by atoms with van der Waals surface area (Å²) in [5.41, 5.74) is 0.733. The number of aliphatic hydroxyl groups excluding tert-OH is 3. The number of nitrogens with zero attached hydrogens (tertiary/aromatic N) is 4. The number of benzene rings is 6. The zero-order valence-corrected chi connectivity index (χ0v) is 72.6. The van der Waals surface area contributed by atoms with Crippen LogP contribution in [0.5, 0.6) is 0 Å². The molecule has 8 amide bonds. The number of aliphatic hydroxyl groups is 3. The van der Waals surface area contributed by atoms with Crippen LogP contribution in [0, 0.1) is 18.4 Å². The average molecular weight is 1720 g/mol. The van der Waals surface area contributed by atoms with Crippen molar-refractivity contribution >= 4 is 115 Å². The number of amides is 8. The summed E-state index contributed by atoms with van der Waals surface area (Å²) in [4.78, 5) is 143. The van der Waals surface area contributed by atoms with Gasteiger partial charge >= 0.3 is 30.0 Å². The van der Waals surface area contributed by atoms with Crippen molar-refractivity contribution in [1.29, 1.82) is 0 Å². The summed E-state index contributed by atoms with van der Waals surface area (Å²) >= 11 is 0. The van der Waals surface area contributed by atoms with Crippen LogP contribution in [0.2, 0.25) is 0 Å². The molecule has 8 rings (SSSR count). The van der Waals surface area contributed by atoms with Gasteiger partial charge in [-0.1, -0.05) is 124 Å². The number of alkyl halides is 3. The van der Waals surface area contributed by atoms with E-state index in [9.17, 15) is 76.1 Å². The van der Waals surface area contributed by atoms with Crippen LogP contribution in [0.25, 0.3) is 37.2 Å². The Balaban J connectivity index is 0.000000807. The van der Waals surface area contributed by atoms with Crippen LogP contribution in [0.1, 0.15) is 156 Å². The Hall–Kier alpha value is -10.8. The van der Waals surface area contributed by atoms with Gasteiger partial charge in [0, 0.05) is 94.7 Å². The summed E-state index contributed by atoms with van der Waals surface area (Å²) in [5.74, 6) is -5.13. The highest BCUT2D eigenvalue weighted by Crippen LogP contribution is 2.34. The molecule has 34 heteroatoms. The van der Waals surface area contributed by atoms with Crippen LogP contribution in [-0.2, 0) is 71.6 Å². The maximum Gasteiger partial charge on any atom is 0.411 e. The van der Waals surface area contributed by atoms with E-state index in [1.54, 1.807) is 75.9 Å². The molecule has 2 heterocycles. The van der Waals surface area contributed by atoms with E-state index in [0.717, 1.165) is 48.7 Å². The molecule has 0 radical (unpaired) electrons. The minimum atomic E-state index is -4.40. The first-order valence-corrected chi connectivity index (χ1v) is 39.3. The number of halogens is 3. The first kappa shape index (κ1) is 109. The molecule has 2 aliphatic heterocycles. The second-order valence-corrected chi connectivity index (χ2v) is 30.8. The molecule has 6 aromatic rings. The molecule has 0 aliphatic carbocycles. The van der Waals surface area contributed by atoms with E-state index in [1.807, 2.05) is 142 Å². The average Bonchev–Trinajstić information content (AvgIpc) is 1.60. The zero-order chi connectivity index (χ0) is 90.7. The number of methoxy groups -OCH3 is 3. The van der Waals surface area contributed by atoms with E-state index in [2.05, 4.69) is 31.4 Å². The van der Waals surface area contributed by atoms with Crippen molar-refractivity contribution in [3.63, 3.8) is 0 Å². The number of likely N-dealkylation sites (N-methyl/N-ethyl adjacent to an activating group) is 2. The van der Waals surface area contributed by atoms with Gasteiger partial charge in [0.15, 0.2) is 18.1 Å². The number of ketones is 1. The zero-order valence-electron chi connectivity index (χ0n) is 72.6. The van der Waals surface area contributed by atoms with Crippen molar-refractivity contribution in [3.8, 4) is 6.57 Å². The van der Waals surface area contributed by atoms with Crippen LogP contribution < -0.4 is 32.7 Å². The van der Waals surface area contributed by atoms with Crippen molar-refractivity contribution in [2.75, 3.05) is 52.7 Å². The summed E-state index contributed by atoms with van der Waals surface area (Å²) in [7, 11) is 7.48. The number of anilines is 2. The fraction of sp³-hybridized carbons (Fsp3) is 0.523. The number of aldehydes is 1. The number of hydrogen-bond acceptors (Lipinski definition) is 21. The molecule has 0 bridgehead atoms. The molecule has 676 valence electrons. The lowest BCUT2D eigenvalue weighted by Gasteiger charge is -2.41. The molecular formula is C88H128F3N10O21+. The second-order valence-electron chi connectivity index (χ2n) is 30.8. The minimum absolute atomic E-state index is 0. The molecule has 2 saturated heterocycles. The molecule has 0 saturated carbocycles. The van der Waals surface area contributed by atoms with Gasteiger partial charge in [-0.2, -0.15) is 13.2 Å². The minimum Gasteiger partial charge on any atom is -0.480 e. The first-order valence-electron chi connectivity index (χ1n) is 39.3. The summed E-state index contributed by atoms with van der Waals surface area (Å²) in [6, 6.07) is 34.7. The fourth-order valence-corrected chi connectivity index (χ4v) is 11.8. The normalized spacial score (nSPS) is 16.8. The Morgan fingerprint density at radius 2 is 1.07 bits per heavy atom. The molecule has 2 aliphatic rings. The van der Waals surface area contributed by atoms with Crippen molar-refractivity contribution in [2.45, 2.75) is 246 Å². The lowest BCUT2D eigenvalue weighted by Crippen LogP contribution is -2.64. The van der Waals surface area contributed by atoms with E-state index in [0.29, 0.717) is 56.3 Å². The predicted molar refractivity (Wildman–Crippen MR) is 461 cm³/mol. The number of carboxylic acids is 1. The number of carbonyl (C=O) groups excluding carboxylic acids is 10. The summed E-state index contributed by atoms with van der Waals surface area (Å²) < 4.78 is 63.0. The van der Waals surface area contributed by atoms with Crippen molar-refractivity contribution < 1.29 is 115 Å². The second kappa shape index (κ2) is 52.5. The van der Waals surface area contributed by atoms with E-state index in [1.165, 1.54) is 52.1 Å². The van der Waals surface area contributed by atoms with Crippen molar-refractivity contribution in [2.24, 2.45) is 11.8 Å². The maximum atomic E-state index is 13.5. The molecular weight excluding hydrogens is 1590 g/mol. The summed E-state index contributed by atoms with van der Waals surface area (Å²) in [6.45, 7) is 26.7. The van der Waals surface area contributed by atoms with Crippen molar-refractivity contribution in [1.82, 2.24) is 36.8 Å². The SMILES string of the molecule is C.C#[N+]c1cccc2ccccc12.CC[C@@H](C)C(=O)N[C@@H]1C(=O)N2C(C(=O)Nc3cccc4ccccc34)CC[C@@H]2O[C@@H]1C.COC(C)CCC(CC(=O)[C@@H](NC(=O)[C@H](C)N(C)C(=O)OC(C)(C)C)[C@H](C)O)C(=O)Nc1cccc2ccccc12.COC(CCC=O)OC.C[C@@H](O)[C@H](NC(=O)[C@H](C)N(C)C(=O)OC(C)(C)C)C(=O)O.N.OCC(F)(F)F. The molecule has 3 unspecified atom stereocenters. The van der Waals surface area contributed by atoms with Crippen LogP contribution in [-0.4, -0.2) is 233 Å². The molecule has 6 aromatic carbocycles. The number of carboxylic acid groups (broad SMARTS) is 1. The molecule has 2 fully saturated rings. The van der Waals surface area contributed by atoms with Gasteiger partial charge in [-0.3, -0.25) is 43.4 Å². The van der Waals surface area contributed by atoms with E-state index in [4.69, 9.17) is 45.2 Å². The number of nitrogens with one attached hydrogen (secondary N) is 5. The Kier molecular flexibility index (Phi) is 47.0. The molecule has 31 nitrogen and oxygen atoms in total. The number of aliphatic carboxylic acids is 1. The van der Waals surface area contributed by atoms with Crippen LogP contribution in [0.4, 0.5) is 39.8 Å². The highest BCUT2D eigenvalue weighted by atomic mass is 19.4. The predicted octanol–water partition coefficient (Wildman–Crippen LogP) is 12.9. The van der Waals surface area contributed by atoms with Gasteiger partial charge in [0.25, 0.3) is 12.5 Å². The standard InChI is InChI=1S/C31H45N3O7.C24H29N3O4.C13H24N2O6.C11H8N.C6H12O3.C2H3F3O.CH4.H3N/c1-19(40-8)16-17-23(29(38)32-25-15-11-13-22-12-9-10-14-24(22)25)18-26(36)27(21(3)35)33-28(37)20(2)34(7)30(39)41-31(4,5)6;1-4-14(2)22(28)26-21-15(3)31-20-13-12-19(27(20)24(21)30)23(29)25-18-11-7-9-16-8-5-6-10-17(16)18;1-7(15(6)12(20)21-13(3,4)5)10(17)14-9(8(2)16)11(18)19;1-12-11-8-4-6-9-5-2-3-7-10(9)11;1-8-6(9-2)4-3-5-7;3-2(4,5)1-6;;/h9-15,19-21,23,27,35H,16-18H2,1-8H3,(H,32,38)(H,33,37);5-11,14-15,19-21H,4,12-13H2,1-3H3,(H,25,29)(H,26,28);7-9,16H,1-6H3,(H,14,17)(H,18,19);1-8H;5-6H,3-4H2,1-2H3;6H,1H2;1H4;1H3/q;;;+1;;;;/t19?,20-,21-,23?,27-;14-,15-,19?,20+,21+;7-,8+,9-;;;;;/m010...../s1. The third-order valence-electron chi connectivity index (χ3n) is 19.2. The number of carbonyl (C=O) groups is 11. The lowest BCUT2D eigenvalue weighted by molar-refractivity contribution is -0.178. The molecule has 12 N–H and O–H groups in total. The highest BCUT2D eigenvalue weighted by molar-refractivity contribution is 6.06. The van der Waals surface area contributed by atoms with Gasteiger partial charge in [-0.15, -0.1) is 0 Å². The maximum absolute atomic E-state index is 13.5. The third kappa shape index (κ3) is 35.7. The van der Waals surface area contributed by atoms with Crippen LogP contribution in [0.15, 0.2) is 127 Å². The van der Waals surface area contributed by atoms with E-state index < -0.39 is 126 Å². The van der Waals surface area contributed by atoms with Gasteiger partial charge in [-0.25, -0.2) is 14.4 Å². The lowest BCUT2D eigenvalue weighted by atomic mass is 9.90. The first-order chi connectivity index (χ1) is 56.2. The third-order valence-corrected chi connectivity index (χ3v) is 19.2. The largest absolute Gasteiger partial charge is 0.480 e. The summed E-state index contributed by atoms with van der Waals surface area (Å²) in [5, 5.41) is 55.5. The Bertz CT molecular complexity index is 4380. The van der Waals surface area contributed by atoms with Gasteiger partial charge in [0.05, 0.1) is 29.8 Å². The molecule has 0 aromatic heterocycles. The molecule has 122 heavy (non-hydrogen) atoms. The smallest absolute Gasteiger partial charge is 0.411 e. The summed E-state index contributed by atoms with van der Waals surface area (Å²) in [6.07, 6.45) is -5.08. The highest BCUT2D eigenvalue weighted by Gasteiger charge is 2.50. The Morgan fingerprint density at radius 3 is 1.48 bits per heavy atom. The number of hydrogen-bond donors (Lipinski definition) is 10. The van der Waals surface area contributed by atoms with E-state index in [-0.39, 0.29) is 61.9 Å². The molecule has 13 atom stereocenters. The quantitative estimate of drug-likeness (QED) is 0.0161. The monoisotopic (exact) mass is 1720 g/mol. The van der Waals surface area contributed by atoms with Gasteiger partial charge < -0.3 is 91.3 Å². The fourth-order valence-electron chi connectivity index (χ4n) is 11.8. The van der Waals surface area contributed by atoms with Crippen LogP contribution in [0.3, 0.4) is 0 Å². The number of rotatable bonds is 28. The number of Topliss-reactive ketones (excluding diaryl/α,β-unsaturated/α-hetero) is 1. The van der Waals surface area contributed by atoms with Gasteiger partial charge in [-0.05, 0) is 154 Å². The van der Waals surface area contributed by atoms with Crippen molar-refractivity contribution in [3.05, 3.63) is 132 Å². The van der Waals surface area contributed by atoms with Gasteiger partial charge in [0.1, 0.15) is 60.5 Å². The Labute approximate surface area is 713 Å². The van der Waals surface area contributed by atoms with Gasteiger partial charge in [0.2, 0.25) is 29.5 Å². The van der Waals surface area contributed by atoms with E-state index >= 15 is 0 Å². The number of fused-ring (bicyclic) bond motifs is 4. The topological polar surface area (TPSA) is 433 Å². The van der Waals surface area contributed by atoms with Crippen LogP contribution >= 0.6 is 0 Å². The molecule has 0 spiro atoms.